The van der Waals surface area contributed by atoms with Crippen molar-refractivity contribution in [3.8, 4) is 11.5 Å². The summed E-state index contributed by atoms with van der Waals surface area (Å²) in [4.78, 5) is 26.4. The second kappa shape index (κ2) is 8.67. The summed E-state index contributed by atoms with van der Waals surface area (Å²) in [5.74, 6) is 0.674. The minimum Gasteiger partial charge on any atom is -0.411 e. The lowest BCUT2D eigenvalue weighted by Crippen LogP contribution is -2.23. The minimum atomic E-state index is -0.0484. The zero-order valence-corrected chi connectivity index (χ0v) is 18.7. The molecule has 0 spiro atoms. The summed E-state index contributed by atoms with van der Waals surface area (Å²) in [5.41, 5.74) is 3.50. The molecule has 3 aromatic rings. The van der Waals surface area contributed by atoms with Crippen molar-refractivity contribution >= 4 is 29.1 Å². The topological polar surface area (TPSA) is 76.3 Å². The van der Waals surface area contributed by atoms with Gasteiger partial charge in [0.05, 0.1) is 5.75 Å². The van der Waals surface area contributed by atoms with Crippen LogP contribution in [0.1, 0.15) is 49.5 Å². The molecule has 1 aliphatic heterocycles. The quantitative estimate of drug-likeness (QED) is 0.394. The number of thioether (sulfide) groups is 1. The van der Waals surface area contributed by atoms with Crippen LogP contribution in [0.5, 0.6) is 0 Å². The van der Waals surface area contributed by atoms with E-state index >= 15 is 0 Å². The number of carbonyl (C=O) groups is 2. The Hall–Kier alpha value is -2.93. The average Bonchev–Trinajstić information content (AvgIpc) is 3.40. The smallest absolute Gasteiger partial charge is 0.277 e. The molecule has 1 fully saturated rings. The molecule has 1 amide bonds. The molecular weight excluding hydrogens is 410 g/mol. The van der Waals surface area contributed by atoms with Gasteiger partial charge in [-0.3, -0.25) is 9.59 Å². The third-order valence-corrected chi connectivity index (χ3v) is 6.10. The van der Waals surface area contributed by atoms with Crippen LogP contribution in [0.3, 0.4) is 0 Å². The molecule has 6 nitrogen and oxygen atoms in total. The van der Waals surface area contributed by atoms with E-state index in [9.17, 15) is 9.59 Å². The fourth-order valence-electron chi connectivity index (χ4n) is 3.48. The lowest BCUT2D eigenvalue weighted by molar-refractivity contribution is -0.117. The zero-order chi connectivity index (χ0) is 22.0. The van der Waals surface area contributed by atoms with Crippen LogP contribution in [0.4, 0.5) is 5.69 Å². The molecule has 2 heterocycles. The first-order valence-corrected chi connectivity index (χ1v) is 11.3. The van der Waals surface area contributed by atoms with Gasteiger partial charge >= 0.3 is 0 Å². The number of Topliss-reactive ketones (excluding diaryl/α,β-unsaturated/α-hetero) is 1. The molecule has 1 aliphatic rings. The standard InChI is InChI=1S/C24H25N3O3S/c1-24(2,3)18-11-9-16(10-12-18)22-25-26-23(30-22)31-15-20(28)17-6-4-7-19(14-17)27-13-5-8-21(27)29/h4,6-7,9-12,14H,5,8,13,15H2,1-3H3. The zero-order valence-electron chi connectivity index (χ0n) is 17.9. The van der Waals surface area contributed by atoms with Gasteiger partial charge in [-0.2, -0.15) is 0 Å². The monoisotopic (exact) mass is 435 g/mol. The molecule has 0 bridgehead atoms. The van der Waals surface area contributed by atoms with E-state index in [4.69, 9.17) is 4.42 Å². The van der Waals surface area contributed by atoms with Crippen molar-refractivity contribution < 1.29 is 14.0 Å². The Morgan fingerprint density at radius 1 is 1.13 bits per heavy atom. The Labute approximate surface area is 186 Å². The number of hydrogen-bond acceptors (Lipinski definition) is 6. The Morgan fingerprint density at radius 3 is 2.58 bits per heavy atom. The van der Waals surface area contributed by atoms with Crippen molar-refractivity contribution in [1.82, 2.24) is 10.2 Å². The Bertz CT molecular complexity index is 1100. The average molecular weight is 436 g/mol. The summed E-state index contributed by atoms with van der Waals surface area (Å²) in [6.45, 7) is 7.20. The maximum atomic E-state index is 12.7. The van der Waals surface area contributed by atoms with Crippen LogP contribution in [0.25, 0.3) is 11.5 Å². The van der Waals surface area contributed by atoms with Gasteiger partial charge < -0.3 is 9.32 Å². The number of amides is 1. The van der Waals surface area contributed by atoms with Crippen LogP contribution in [-0.2, 0) is 10.2 Å². The van der Waals surface area contributed by atoms with Crippen LogP contribution < -0.4 is 4.90 Å². The van der Waals surface area contributed by atoms with Gasteiger partial charge in [-0.15, -0.1) is 10.2 Å². The molecule has 160 valence electrons. The van der Waals surface area contributed by atoms with Gasteiger partial charge in [0, 0.05) is 29.8 Å². The predicted molar refractivity (Wildman–Crippen MR) is 122 cm³/mol. The fourth-order valence-corrected chi connectivity index (χ4v) is 4.13. The molecule has 0 saturated carbocycles. The van der Waals surface area contributed by atoms with E-state index < -0.39 is 0 Å². The fraction of sp³-hybridized carbons (Fsp3) is 0.333. The first-order chi connectivity index (χ1) is 14.8. The van der Waals surface area contributed by atoms with E-state index in [-0.39, 0.29) is 22.9 Å². The number of anilines is 1. The Balaban J connectivity index is 1.40. The van der Waals surface area contributed by atoms with Gasteiger partial charge in [0.25, 0.3) is 5.22 Å². The Kier molecular flexibility index (Phi) is 5.96. The van der Waals surface area contributed by atoms with Gasteiger partial charge in [-0.05, 0) is 41.7 Å². The third kappa shape index (κ3) is 4.88. The molecule has 31 heavy (non-hydrogen) atoms. The number of ketones is 1. The van der Waals surface area contributed by atoms with Gasteiger partial charge in [0.2, 0.25) is 11.8 Å². The summed E-state index contributed by atoms with van der Waals surface area (Å²) >= 11 is 1.21. The van der Waals surface area contributed by atoms with Gasteiger partial charge in [0.1, 0.15) is 0 Å². The first kappa shape index (κ1) is 21.3. The highest BCUT2D eigenvalue weighted by atomic mass is 32.2. The van der Waals surface area contributed by atoms with Crippen LogP contribution in [0.2, 0.25) is 0 Å². The van der Waals surface area contributed by atoms with E-state index in [2.05, 4.69) is 43.1 Å². The molecular formula is C24H25N3O3S. The highest BCUT2D eigenvalue weighted by molar-refractivity contribution is 7.99. The summed E-state index contributed by atoms with van der Waals surface area (Å²) in [6.07, 6.45) is 1.41. The maximum absolute atomic E-state index is 12.7. The number of benzene rings is 2. The maximum Gasteiger partial charge on any atom is 0.277 e. The second-order valence-corrected chi connectivity index (χ2v) is 9.54. The van der Waals surface area contributed by atoms with Crippen LogP contribution in [0.15, 0.2) is 58.2 Å². The highest BCUT2D eigenvalue weighted by Crippen LogP contribution is 2.28. The number of aromatic nitrogens is 2. The summed E-state index contributed by atoms with van der Waals surface area (Å²) < 4.78 is 5.74. The van der Waals surface area contributed by atoms with Gasteiger partial charge in [-0.25, -0.2) is 0 Å². The Morgan fingerprint density at radius 2 is 1.90 bits per heavy atom. The van der Waals surface area contributed by atoms with Gasteiger partial charge in [-0.1, -0.05) is 56.8 Å². The van der Waals surface area contributed by atoms with E-state index in [1.54, 1.807) is 17.0 Å². The largest absolute Gasteiger partial charge is 0.411 e. The first-order valence-electron chi connectivity index (χ1n) is 10.3. The highest BCUT2D eigenvalue weighted by Gasteiger charge is 2.22. The second-order valence-electron chi connectivity index (χ2n) is 8.61. The molecule has 2 aromatic carbocycles. The van der Waals surface area contributed by atoms with Crippen molar-refractivity contribution in [3.05, 3.63) is 59.7 Å². The summed E-state index contributed by atoms with van der Waals surface area (Å²) in [6, 6.07) is 15.3. The molecule has 0 unspecified atom stereocenters. The number of carbonyl (C=O) groups excluding carboxylic acids is 2. The number of rotatable bonds is 6. The number of hydrogen-bond donors (Lipinski definition) is 0. The summed E-state index contributed by atoms with van der Waals surface area (Å²) in [7, 11) is 0. The van der Waals surface area contributed by atoms with Gasteiger partial charge in [0.15, 0.2) is 5.78 Å². The molecule has 0 radical (unpaired) electrons. The summed E-state index contributed by atoms with van der Waals surface area (Å²) in [5, 5.41) is 8.53. The van der Waals surface area contributed by atoms with E-state index in [0.29, 0.717) is 29.6 Å². The SMILES string of the molecule is CC(C)(C)c1ccc(-c2nnc(SCC(=O)c3cccc(N4CCCC4=O)c3)o2)cc1. The van der Waals surface area contributed by atoms with Crippen molar-refractivity contribution in [2.24, 2.45) is 0 Å². The molecule has 4 rings (SSSR count). The molecule has 0 atom stereocenters. The normalized spacial score (nSPS) is 14.3. The van der Waals surface area contributed by atoms with Crippen molar-refractivity contribution in [2.75, 3.05) is 17.2 Å². The van der Waals surface area contributed by atoms with Crippen LogP contribution in [-0.4, -0.2) is 34.2 Å². The van der Waals surface area contributed by atoms with E-state index in [1.807, 2.05) is 24.3 Å². The minimum absolute atomic E-state index is 0.0484. The van der Waals surface area contributed by atoms with E-state index in [1.165, 1.54) is 17.3 Å². The molecule has 1 aromatic heterocycles. The van der Waals surface area contributed by atoms with E-state index in [0.717, 1.165) is 17.7 Å². The molecule has 0 N–H and O–H groups in total. The van der Waals surface area contributed by atoms with Crippen LogP contribution >= 0.6 is 11.8 Å². The lowest BCUT2D eigenvalue weighted by Gasteiger charge is -2.18. The van der Waals surface area contributed by atoms with Crippen molar-refractivity contribution in [1.29, 1.82) is 0 Å². The van der Waals surface area contributed by atoms with Crippen molar-refractivity contribution in [3.63, 3.8) is 0 Å². The predicted octanol–water partition coefficient (Wildman–Crippen LogP) is 5.14. The number of nitrogens with zero attached hydrogens (tertiary/aromatic N) is 3. The molecule has 0 aliphatic carbocycles. The third-order valence-electron chi connectivity index (χ3n) is 5.28. The van der Waals surface area contributed by atoms with Crippen LogP contribution in [0, 0.1) is 0 Å². The molecule has 1 saturated heterocycles. The van der Waals surface area contributed by atoms with Crippen molar-refractivity contribution in [2.45, 2.75) is 44.3 Å². The molecule has 7 heteroatoms. The lowest BCUT2D eigenvalue weighted by atomic mass is 9.87.